The number of halogens is 2. The summed E-state index contributed by atoms with van der Waals surface area (Å²) in [5.41, 5.74) is 0.645. The minimum atomic E-state index is 0.117. The van der Waals surface area contributed by atoms with Crippen molar-refractivity contribution in [3.63, 3.8) is 0 Å². The topological polar surface area (TPSA) is 31.4 Å². The van der Waals surface area contributed by atoms with Crippen molar-refractivity contribution < 1.29 is 9.47 Å². The van der Waals surface area contributed by atoms with Gasteiger partial charge in [-0.1, -0.05) is 11.6 Å². The van der Waals surface area contributed by atoms with Gasteiger partial charge in [0.2, 0.25) is 5.88 Å². The van der Waals surface area contributed by atoms with Crippen molar-refractivity contribution in [3.05, 3.63) is 22.8 Å². The highest BCUT2D eigenvalue weighted by atomic mass is 35.5. The summed E-state index contributed by atoms with van der Waals surface area (Å²) >= 11 is 11.5. The molecule has 0 atom stereocenters. The van der Waals surface area contributed by atoms with E-state index in [0.29, 0.717) is 29.8 Å². The van der Waals surface area contributed by atoms with Crippen molar-refractivity contribution in [2.45, 2.75) is 12.0 Å². The predicted octanol–water partition coefficient (Wildman–Crippen LogP) is 2.25. The highest BCUT2D eigenvalue weighted by Crippen LogP contribution is 2.21. The van der Waals surface area contributed by atoms with E-state index in [-0.39, 0.29) is 12.0 Å². The van der Waals surface area contributed by atoms with Gasteiger partial charge in [-0.3, -0.25) is 0 Å². The maximum absolute atomic E-state index is 5.85. The van der Waals surface area contributed by atoms with E-state index in [4.69, 9.17) is 32.7 Å². The largest absolute Gasteiger partial charge is 0.469 e. The third kappa shape index (κ3) is 2.11. The molecule has 1 fully saturated rings. The second-order valence-electron chi connectivity index (χ2n) is 2.99. The predicted molar refractivity (Wildman–Crippen MR) is 54.0 cm³/mol. The number of nitrogens with zero attached hydrogens (tertiary/aromatic N) is 1. The van der Waals surface area contributed by atoms with Gasteiger partial charge >= 0.3 is 0 Å². The number of hydrogen-bond acceptors (Lipinski definition) is 3. The highest BCUT2D eigenvalue weighted by molar-refractivity contribution is 6.32. The molecule has 0 N–H and O–H groups in total. The lowest BCUT2D eigenvalue weighted by molar-refractivity contribution is -0.0813. The van der Waals surface area contributed by atoms with Crippen LogP contribution in [0.5, 0.6) is 5.88 Å². The first-order valence-corrected chi connectivity index (χ1v) is 5.16. The van der Waals surface area contributed by atoms with Crippen LogP contribution in [0, 0.1) is 0 Å². The second kappa shape index (κ2) is 4.34. The van der Waals surface area contributed by atoms with Gasteiger partial charge in [-0.15, -0.1) is 11.6 Å². The molecule has 0 saturated carbocycles. The van der Waals surface area contributed by atoms with Crippen LogP contribution in [-0.2, 0) is 10.6 Å². The normalized spacial score (nSPS) is 16.4. The highest BCUT2D eigenvalue weighted by Gasteiger charge is 2.20. The van der Waals surface area contributed by atoms with E-state index >= 15 is 0 Å². The minimum Gasteiger partial charge on any atom is -0.469 e. The van der Waals surface area contributed by atoms with Gasteiger partial charge in [0.05, 0.1) is 29.8 Å². The Balaban J connectivity index is 2.09. The lowest BCUT2D eigenvalue weighted by Crippen LogP contribution is -2.38. The molecule has 0 amide bonds. The standard InChI is InChI=1S/C9H9Cl2NO2/c10-3-8-7(11)1-2-9(12-8)14-6-4-13-5-6/h1-2,6H,3-5H2. The van der Waals surface area contributed by atoms with E-state index in [9.17, 15) is 0 Å². The Morgan fingerprint density at radius 2 is 2.29 bits per heavy atom. The molecule has 1 aliphatic heterocycles. The summed E-state index contributed by atoms with van der Waals surface area (Å²) in [5.74, 6) is 0.843. The number of hydrogen-bond donors (Lipinski definition) is 0. The summed E-state index contributed by atoms with van der Waals surface area (Å²) in [6.45, 7) is 1.25. The zero-order chi connectivity index (χ0) is 9.97. The zero-order valence-corrected chi connectivity index (χ0v) is 8.88. The van der Waals surface area contributed by atoms with E-state index < -0.39 is 0 Å². The fraction of sp³-hybridized carbons (Fsp3) is 0.444. The van der Waals surface area contributed by atoms with Crippen LogP contribution in [-0.4, -0.2) is 24.3 Å². The van der Waals surface area contributed by atoms with Crippen molar-refractivity contribution in [2.24, 2.45) is 0 Å². The van der Waals surface area contributed by atoms with E-state index in [1.165, 1.54) is 0 Å². The van der Waals surface area contributed by atoms with E-state index in [1.54, 1.807) is 12.1 Å². The first-order chi connectivity index (χ1) is 6.79. The molecule has 76 valence electrons. The SMILES string of the molecule is ClCc1nc(OC2COC2)ccc1Cl. The fourth-order valence-corrected chi connectivity index (χ4v) is 1.52. The molecule has 0 aliphatic carbocycles. The molecule has 2 rings (SSSR count). The molecule has 0 spiro atoms. The van der Waals surface area contributed by atoms with Crippen LogP contribution < -0.4 is 4.74 Å². The maximum Gasteiger partial charge on any atom is 0.214 e. The average Bonchev–Trinajstić information content (AvgIpc) is 2.14. The molecule has 1 aromatic rings. The molecule has 2 heterocycles. The van der Waals surface area contributed by atoms with Crippen LogP contribution in [0.1, 0.15) is 5.69 Å². The third-order valence-corrected chi connectivity index (χ3v) is 2.51. The Morgan fingerprint density at radius 1 is 1.50 bits per heavy atom. The van der Waals surface area contributed by atoms with Crippen LogP contribution in [0.2, 0.25) is 5.02 Å². The molecule has 5 heteroatoms. The first-order valence-electron chi connectivity index (χ1n) is 4.25. The van der Waals surface area contributed by atoms with E-state index in [0.717, 1.165) is 0 Å². The quantitative estimate of drug-likeness (QED) is 0.751. The molecule has 14 heavy (non-hydrogen) atoms. The van der Waals surface area contributed by atoms with Crippen LogP contribution in [0.25, 0.3) is 0 Å². The lowest BCUT2D eigenvalue weighted by atomic mass is 10.3. The Kier molecular flexibility index (Phi) is 3.11. The van der Waals surface area contributed by atoms with Crippen molar-refractivity contribution in [1.82, 2.24) is 4.98 Å². The van der Waals surface area contributed by atoms with Gasteiger partial charge in [0, 0.05) is 6.07 Å². The Hall–Kier alpha value is -0.510. The summed E-state index contributed by atoms with van der Waals surface area (Å²) in [6.07, 6.45) is 0.117. The summed E-state index contributed by atoms with van der Waals surface area (Å²) in [4.78, 5) is 4.17. The Bertz CT molecular complexity index is 329. The monoisotopic (exact) mass is 233 g/mol. The van der Waals surface area contributed by atoms with Crippen LogP contribution in [0.3, 0.4) is 0 Å². The van der Waals surface area contributed by atoms with Crippen LogP contribution >= 0.6 is 23.2 Å². The second-order valence-corrected chi connectivity index (χ2v) is 3.66. The number of pyridine rings is 1. The summed E-state index contributed by atoms with van der Waals surface area (Å²) < 4.78 is 10.5. The molecule has 1 aliphatic rings. The fourth-order valence-electron chi connectivity index (χ4n) is 1.08. The van der Waals surface area contributed by atoms with Gasteiger partial charge in [0.15, 0.2) is 0 Å². The molecular formula is C9H9Cl2NO2. The van der Waals surface area contributed by atoms with Gasteiger partial charge in [0.1, 0.15) is 6.10 Å². The zero-order valence-electron chi connectivity index (χ0n) is 7.37. The molecule has 0 radical (unpaired) electrons. The van der Waals surface area contributed by atoms with Crippen molar-refractivity contribution >= 4 is 23.2 Å². The Morgan fingerprint density at radius 3 is 2.86 bits per heavy atom. The van der Waals surface area contributed by atoms with Crippen LogP contribution in [0.4, 0.5) is 0 Å². The number of alkyl halides is 1. The number of aromatic nitrogens is 1. The van der Waals surface area contributed by atoms with Gasteiger partial charge in [-0.25, -0.2) is 4.98 Å². The third-order valence-electron chi connectivity index (χ3n) is 1.91. The van der Waals surface area contributed by atoms with Gasteiger partial charge in [-0.05, 0) is 6.07 Å². The molecule has 0 unspecified atom stereocenters. The Labute approximate surface area is 91.9 Å². The lowest BCUT2D eigenvalue weighted by Gasteiger charge is -2.26. The maximum atomic E-state index is 5.85. The minimum absolute atomic E-state index is 0.117. The van der Waals surface area contributed by atoms with Crippen molar-refractivity contribution in [3.8, 4) is 5.88 Å². The van der Waals surface area contributed by atoms with E-state index in [1.807, 2.05) is 0 Å². The molecular weight excluding hydrogens is 225 g/mol. The number of rotatable bonds is 3. The van der Waals surface area contributed by atoms with Crippen LogP contribution in [0.15, 0.2) is 12.1 Å². The molecule has 1 aromatic heterocycles. The summed E-state index contributed by atoms with van der Waals surface area (Å²) in [5, 5.41) is 0.567. The molecule has 0 aromatic carbocycles. The number of ether oxygens (including phenoxy) is 2. The summed E-state index contributed by atoms with van der Waals surface area (Å²) in [6, 6.07) is 3.47. The van der Waals surface area contributed by atoms with Gasteiger partial charge in [0.25, 0.3) is 0 Å². The van der Waals surface area contributed by atoms with Gasteiger partial charge < -0.3 is 9.47 Å². The molecule has 0 bridgehead atoms. The average molecular weight is 234 g/mol. The summed E-state index contributed by atoms with van der Waals surface area (Å²) in [7, 11) is 0. The van der Waals surface area contributed by atoms with Crippen molar-refractivity contribution in [2.75, 3.05) is 13.2 Å². The first kappa shape index (κ1) is 10.0. The smallest absolute Gasteiger partial charge is 0.214 e. The molecule has 3 nitrogen and oxygen atoms in total. The van der Waals surface area contributed by atoms with E-state index in [2.05, 4.69) is 4.98 Å². The van der Waals surface area contributed by atoms with Gasteiger partial charge in [-0.2, -0.15) is 0 Å². The van der Waals surface area contributed by atoms with Crippen molar-refractivity contribution in [1.29, 1.82) is 0 Å². The molecule has 1 saturated heterocycles.